The zero-order chi connectivity index (χ0) is 19.8. The molecule has 2 N–H and O–H groups in total. The standard InChI is InChI=1S/C23H22N2O2S/c24-21(26)16-25(20-14-8-3-9-15-20)22(27)17-28-23(18-10-4-1-5-11-18)19-12-6-2-7-13-19/h1-15,23H,16-17H2,(H2,24,26). The first-order valence-electron chi connectivity index (χ1n) is 9.00. The number of carbonyl (C=O) groups excluding carboxylic acids is 2. The number of hydrogen-bond donors (Lipinski definition) is 1. The van der Waals surface area contributed by atoms with Crippen LogP contribution in [0.4, 0.5) is 5.69 Å². The quantitative estimate of drug-likeness (QED) is 0.632. The van der Waals surface area contributed by atoms with Gasteiger partial charge < -0.3 is 10.6 Å². The number of nitrogens with zero attached hydrogens (tertiary/aromatic N) is 1. The maximum Gasteiger partial charge on any atom is 0.237 e. The molecule has 142 valence electrons. The predicted octanol–water partition coefficient (Wildman–Crippen LogP) is 4.03. The predicted molar refractivity (Wildman–Crippen MR) is 115 cm³/mol. The minimum Gasteiger partial charge on any atom is -0.368 e. The van der Waals surface area contributed by atoms with Gasteiger partial charge in [0, 0.05) is 5.69 Å². The zero-order valence-electron chi connectivity index (χ0n) is 15.4. The third kappa shape index (κ3) is 5.24. The second kappa shape index (κ2) is 9.76. The average Bonchev–Trinajstić information content (AvgIpc) is 2.74. The van der Waals surface area contributed by atoms with E-state index in [0.717, 1.165) is 11.1 Å². The Morgan fingerprint density at radius 3 is 1.71 bits per heavy atom. The van der Waals surface area contributed by atoms with E-state index < -0.39 is 5.91 Å². The Kier molecular flexibility index (Phi) is 6.87. The van der Waals surface area contributed by atoms with Gasteiger partial charge in [-0.1, -0.05) is 78.9 Å². The van der Waals surface area contributed by atoms with Crippen molar-refractivity contribution in [2.45, 2.75) is 5.25 Å². The summed E-state index contributed by atoms with van der Waals surface area (Å²) in [7, 11) is 0. The SMILES string of the molecule is NC(=O)CN(C(=O)CSC(c1ccccc1)c1ccccc1)c1ccccc1. The van der Waals surface area contributed by atoms with Gasteiger partial charge in [-0.05, 0) is 23.3 Å². The molecule has 0 heterocycles. The summed E-state index contributed by atoms with van der Waals surface area (Å²) in [6.07, 6.45) is 0. The number of benzene rings is 3. The second-order valence-electron chi connectivity index (χ2n) is 6.29. The van der Waals surface area contributed by atoms with Crippen molar-refractivity contribution >= 4 is 29.3 Å². The Labute approximate surface area is 169 Å². The Morgan fingerprint density at radius 2 is 1.25 bits per heavy atom. The molecule has 2 amide bonds. The summed E-state index contributed by atoms with van der Waals surface area (Å²) >= 11 is 1.54. The molecule has 3 aromatic rings. The molecule has 0 aliphatic carbocycles. The fourth-order valence-electron chi connectivity index (χ4n) is 2.96. The van der Waals surface area contributed by atoms with Gasteiger partial charge in [-0.3, -0.25) is 9.59 Å². The Bertz CT molecular complexity index is 862. The first-order chi connectivity index (χ1) is 13.6. The minimum atomic E-state index is -0.537. The molecule has 5 heteroatoms. The minimum absolute atomic E-state index is 0.0255. The number of hydrogen-bond acceptors (Lipinski definition) is 3. The summed E-state index contributed by atoms with van der Waals surface area (Å²) in [6, 6.07) is 29.3. The van der Waals surface area contributed by atoms with Gasteiger partial charge in [0.2, 0.25) is 11.8 Å². The first-order valence-corrected chi connectivity index (χ1v) is 10.1. The van der Waals surface area contributed by atoms with Crippen LogP contribution < -0.4 is 10.6 Å². The van der Waals surface area contributed by atoms with Crippen LogP contribution in [0.15, 0.2) is 91.0 Å². The van der Waals surface area contributed by atoms with Crippen LogP contribution in [0, 0.1) is 0 Å². The van der Waals surface area contributed by atoms with E-state index in [1.54, 1.807) is 23.9 Å². The number of anilines is 1. The van der Waals surface area contributed by atoms with Crippen LogP contribution in [0.25, 0.3) is 0 Å². The molecular formula is C23H22N2O2S. The van der Waals surface area contributed by atoms with Crippen LogP contribution in [0.5, 0.6) is 0 Å². The van der Waals surface area contributed by atoms with Gasteiger partial charge in [-0.15, -0.1) is 11.8 Å². The number of carbonyl (C=O) groups is 2. The molecular weight excluding hydrogens is 368 g/mol. The van der Waals surface area contributed by atoms with E-state index in [1.165, 1.54) is 4.90 Å². The van der Waals surface area contributed by atoms with Crippen LogP contribution in [0.1, 0.15) is 16.4 Å². The molecule has 0 saturated carbocycles. The van der Waals surface area contributed by atoms with Gasteiger partial charge >= 0.3 is 0 Å². The lowest BCUT2D eigenvalue weighted by Crippen LogP contribution is -2.39. The van der Waals surface area contributed by atoms with Gasteiger partial charge in [0.25, 0.3) is 0 Å². The average molecular weight is 391 g/mol. The summed E-state index contributed by atoms with van der Waals surface area (Å²) in [5.74, 6) is -0.451. The highest BCUT2D eigenvalue weighted by Gasteiger charge is 2.21. The van der Waals surface area contributed by atoms with Crippen LogP contribution in [0.3, 0.4) is 0 Å². The first kappa shape index (κ1) is 19.7. The number of para-hydroxylation sites is 1. The van der Waals surface area contributed by atoms with Gasteiger partial charge in [0.05, 0.1) is 11.0 Å². The Balaban J connectivity index is 1.79. The van der Waals surface area contributed by atoms with Crippen molar-refractivity contribution in [1.82, 2.24) is 0 Å². The van der Waals surface area contributed by atoms with E-state index in [9.17, 15) is 9.59 Å². The fraction of sp³-hybridized carbons (Fsp3) is 0.130. The molecule has 0 unspecified atom stereocenters. The molecule has 0 aromatic heterocycles. The Hall–Kier alpha value is -3.05. The molecule has 0 atom stereocenters. The molecule has 3 aromatic carbocycles. The van der Waals surface area contributed by atoms with Crippen molar-refractivity contribution in [1.29, 1.82) is 0 Å². The highest BCUT2D eigenvalue weighted by molar-refractivity contribution is 8.00. The van der Waals surface area contributed by atoms with Gasteiger partial charge in [-0.2, -0.15) is 0 Å². The van der Waals surface area contributed by atoms with E-state index in [2.05, 4.69) is 24.3 Å². The van der Waals surface area contributed by atoms with E-state index in [1.807, 2.05) is 54.6 Å². The van der Waals surface area contributed by atoms with Crippen molar-refractivity contribution in [2.75, 3.05) is 17.2 Å². The zero-order valence-corrected chi connectivity index (χ0v) is 16.2. The molecule has 0 aliphatic heterocycles. The lowest BCUT2D eigenvalue weighted by molar-refractivity contribution is -0.121. The number of thioether (sulfide) groups is 1. The van der Waals surface area contributed by atoms with Crippen molar-refractivity contribution < 1.29 is 9.59 Å². The second-order valence-corrected chi connectivity index (χ2v) is 7.39. The molecule has 0 radical (unpaired) electrons. The van der Waals surface area contributed by atoms with Crippen LogP contribution in [-0.4, -0.2) is 24.1 Å². The lowest BCUT2D eigenvalue weighted by Gasteiger charge is -2.23. The fourth-order valence-corrected chi connectivity index (χ4v) is 4.12. The maximum atomic E-state index is 12.9. The summed E-state index contributed by atoms with van der Waals surface area (Å²) < 4.78 is 0. The van der Waals surface area contributed by atoms with Gasteiger partial charge in [-0.25, -0.2) is 0 Å². The molecule has 3 rings (SSSR count). The van der Waals surface area contributed by atoms with E-state index in [4.69, 9.17) is 5.73 Å². The summed E-state index contributed by atoms with van der Waals surface area (Å²) in [4.78, 5) is 25.9. The van der Waals surface area contributed by atoms with Crippen molar-refractivity contribution in [3.8, 4) is 0 Å². The maximum absolute atomic E-state index is 12.9. The monoisotopic (exact) mass is 390 g/mol. The van der Waals surface area contributed by atoms with Crippen molar-refractivity contribution in [3.63, 3.8) is 0 Å². The van der Waals surface area contributed by atoms with Crippen molar-refractivity contribution in [2.24, 2.45) is 5.73 Å². The molecule has 0 spiro atoms. The summed E-state index contributed by atoms with van der Waals surface area (Å²) in [5.41, 5.74) is 8.30. The molecule has 0 saturated heterocycles. The highest BCUT2D eigenvalue weighted by atomic mass is 32.2. The molecule has 28 heavy (non-hydrogen) atoms. The Morgan fingerprint density at radius 1 is 0.786 bits per heavy atom. The van der Waals surface area contributed by atoms with Crippen LogP contribution in [-0.2, 0) is 9.59 Å². The molecule has 0 fully saturated rings. The normalized spacial score (nSPS) is 10.6. The van der Waals surface area contributed by atoms with E-state index >= 15 is 0 Å². The summed E-state index contributed by atoms with van der Waals surface area (Å²) in [5, 5.41) is 0.0255. The number of rotatable bonds is 8. The van der Waals surface area contributed by atoms with Crippen LogP contribution >= 0.6 is 11.8 Å². The lowest BCUT2D eigenvalue weighted by atomic mass is 10.0. The van der Waals surface area contributed by atoms with Gasteiger partial charge in [0.15, 0.2) is 0 Å². The third-order valence-corrected chi connectivity index (χ3v) is 5.55. The molecule has 0 bridgehead atoms. The van der Waals surface area contributed by atoms with E-state index in [-0.39, 0.29) is 23.5 Å². The smallest absolute Gasteiger partial charge is 0.237 e. The number of nitrogens with two attached hydrogens (primary N) is 1. The topological polar surface area (TPSA) is 63.4 Å². The number of amides is 2. The third-order valence-electron chi connectivity index (χ3n) is 4.26. The van der Waals surface area contributed by atoms with Gasteiger partial charge in [0.1, 0.15) is 6.54 Å². The largest absolute Gasteiger partial charge is 0.368 e. The summed E-state index contributed by atoms with van der Waals surface area (Å²) in [6.45, 7) is -0.134. The highest BCUT2D eigenvalue weighted by Crippen LogP contribution is 2.35. The number of primary amides is 1. The van der Waals surface area contributed by atoms with Crippen LogP contribution in [0.2, 0.25) is 0 Å². The van der Waals surface area contributed by atoms with Crippen molar-refractivity contribution in [3.05, 3.63) is 102 Å². The molecule has 4 nitrogen and oxygen atoms in total. The molecule has 0 aliphatic rings. The van der Waals surface area contributed by atoms with E-state index in [0.29, 0.717) is 5.69 Å².